The number of benzene rings is 2. The van der Waals surface area contributed by atoms with Crippen LogP contribution in [0.5, 0.6) is 5.75 Å². The summed E-state index contributed by atoms with van der Waals surface area (Å²) in [6, 6.07) is 14.1. The second-order valence-corrected chi connectivity index (χ2v) is 5.46. The minimum atomic E-state index is -0.679. The van der Waals surface area contributed by atoms with Crippen molar-refractivity contribution in [2.24, 2.45) is 0 Å². The number of hydrogen-bond acceptors (Lipinski definition) is 3. The second kappa shape index (κ2) is 7.09. The van der Waals surface area contributed by atoms with Crippen molar-refractivity contribution >= 4 is 5.91 Å². The molecule has 0 aromatic heterocycles. The molecule has 0 bridgehead atoms. The molecule has 0 aliphatic rings. The van der Waals surface area contributed by atoms with Crippen molar-refractivity contribution in [3.8, 4) is 5.75 Å². The summed E-state index contributed by atoms with van der Waals surface area (Å²) in [6.45, 7) is 3.35. The molecule has 22 heavy (non-hydrogen) atoms. The molecule has 0 spiro atoms. The molecule has 2 aromatic carbocycles. The van der Waals surface area contributed by atoms with E-state index >= 15 is 0 Å². The number of aliphatic hydroxyl groups excluding tert-OH is 1. The van der Waals surface area contributed by atoms with E-state index in [9.17, 15) is 15.0 Å². The number of nitrogens with one attached hydrogen (secondary N) is 1. The third-order valence-electron chi connectivity index (χ3n) is 3.75. The number of aromatic hydroxyl groups is 1. The van der Waals surface area contributed by atoms with E-state index in [4.69, 9.17) is 0 Å². The van der Waals surface area contributed by atoms with Crippen LogP contribution >= 0.6 is 0 Å². The summed E-state index contributed by atoms with van der Waals surface area (Å²) >= 11 is 0. The molecule has 0 radical (unpaired) electrons. The molecule has 0 aliphatic heterocycles. The molecule has 1 amide bonds. The number of carbonyl (C=O) groups excluding carboxylic acids is 1. The van der Waals surface area contributed by atoms with Crippen LogP contribution in [0.1, 0.15) is 28.4 Å². The van der Waals surface area contributed by atoms with Crippen molar-refractivity contribution in [1.29, 1.82) is 0 Å². The normalized spacial score (nSPS) is 13.4. The summed E-state index contributed by atoms with van der Waals surface area (Å²) in [5, 5.41) is 22.5. The molecule has 2 rings (SSSR count). The monoisotopic (exact) mass is 299 g/mol. The van der Waals surface area contributed by atoms with Gasteiger partial charge in [-0.1, -0.05) is 36.4 Å². The first-order chi connectivity index (χ1) is 10.5. The van der Waals surface area contributed by atoms with Gasteiger partial charge in [0, 0.05) is 11.1 Å². The molecule has 0 fully saturated rings. The molecule has 4 heteroatoms. The van der Waals surface area contributed by atoms with Gasteiger partial charge >= 0.3 is 0 Å². The van der Waals surface area contributed by atoms with Gasteiger partial charge in [-0.2, -0.15) is 0 Å². The lowest BCUT2D eigenvalue weighted by Gasteiger charge is -2.22. The molecule has 0 saturated heterocycles. The number of aliphatic hydroxyl groups is 1. The van der Waals surface area contributed by atoms with Crippen molar-refractivity contribution in [2.45, 2.75) is 32.4 Å². The van der Waals surface area contributed by atoms with E-state index in [0.29, 0.717) is 17.5 Å². The van der Waals surface area contributed by atoms with E-state index in [1.54, 1.807) is 32.0 Å². The summed E-state index contributed by atoms with van der Waals surface area (Å²) in [5.41, 5.74) is 1.99. The highest BCUT2D eigenvalue weighted by Crippen LogP contribution is 2.19. The van der Waals surface area contributed by atoms with Gasteiger partial charge in [0.25, 0.3) is 5.91 Å². The fourth-order valence-corrected chi connectivity index (χ4v) is 2.33. The Morgan fingerprint density at radius 1 is 1.14 bits per heavy atom. The van der Waals surface area contributed by atoms with Gasteiger partial charge in [0.05, 0.1) is 12.1 Å². The Kier molecular flexibility index (Phi) is 5.17. The lowest BCUT2D eigenvalue weighted by molar-refractivity contribution is 0.0858. The Balaban J connectivity index is 2.14. The molecule has 2 atom stereocenters. The average molecular weight is 299 g/mol. The van der Waals surface area contributed by atoms with Crippen LogP contribution in [-0.2, 0) is 6.42 Å². The second-order valence-electron chi connectivity index (χ2n) is 5.46. The van der Waals surface area contributed by atoms with Gasteiger partial charge in [-0.05, 0) is 38.0 Å². The largest absolute Gasteiger partial charge is 0.508 e. The Morgan fingerprint density at radius 2 is 1.82 bits per heavy atom. The van der Waals surface area contributed by atoms with Crippen molar-refractivity contribution in [1.82, 2.24) is 5.32 Å². The average Bonchev–Trinajstić information content (AvgIpc) is 2.50. The molecule has 0 aliphatic carbocycles. The van der Waals surface area contributed by atoms with E-state index in [1.807, 2.05) is 30.3 Å². The first kappa shape index (κ1) is 16.0. The standard InChI is InChI=1S/C18H21NO3/c1-12-15(9-6-10-17(12)21)18(22)19-16(13(2)20)11-14-7-4-3-5-8-14/h3-10,13,16,20-21H,11H2,1-2H3,(H,19,22). The van der Waals surface area contributed by atoms with Gasteiger partial charge < -0.3 is 15.5 Å². The maximum atomic E-state index is 12.4. The Hall–Kier alpha value is -2.33. The summed E-state index contributed by atoms with van der Waals surface area (Å²) in [4.78, 5) is 12.4. The lowest BCUT2D eigenvalue weighted by Crippen LogP contribution is -2.43. The smallest absolute Gasteiger partial charge is 0.252 e. The highest BCUT2D eigenvalue weighted by Gasteiger charge is 2.20. The zero-order valence-electron chi connectivity index (χ0n) is 12.8. The molecular formula is C18H21NO3. The van der Waals surface area contributed by atoms with Crippen LogP contribution in [0.4, 0.5) is 0 Å². The molecule has 0 heterocycles. The van der Waals surface area contributed by atoms with Gasteiger partial charge in [0.1, 0.15) is 5.75 Å². The minimum absolute atomic E-state index is 0.0873. The SMILES string of the molecule is Cc1c(O)cccc1C(=O)NC(Cc1ccccc1)C(C)O. The Labute approximate surface area is 130 Å². The van der Waals surface area contributed by atoms with E-state index in [0.717, 1.165) is 5.56 Å². The van der Waals surface area contributed by atoms with E-state index < -0.39 is 12.1 Å². The predicted molar refractivity (Wildman–Crippen MR) is 85.9 cm³/mol. The number of rotatable bonds is 5. The maximum absolute atomic E-state index is 12.4. The zero-order chi connectivity index (χ0) is 16.1. The van der Waals surface area contributed by atoms with E-state index in [2.05, 4.69) is 5.32 Å². The minimum Gasteiger partial charge on any atom is -0.508 e. The van der Waals surface area contributed by atoms with Crippen molar-refractivity contribution < 1.29 is 15.0 Å². The van der Waals surface area contributed by atoms with Gasteiger partial charge in [0.2, 0.25) is 0 Å². The molecule has 3 N–H and O–H groups in total. The summed E-state index contributed by atoms with van der Waals surface area (Å²) < 4.78 is 0. The zero-order valence-corrected chi connectivity index (χ0v) is 12.8. The topological polar surface area (TPSA) is 69.6 Å². The van der Waals surface area contributed by atoms with Gasteiger partial charge in [-0.25, -0.2) is 0 Å². The van der Waals surface area contributed by atoms with Gasteiger partial charge in [0.15, 0.2) is 0 Å². The van der Waals surface area contributed by atoms with Crippen LogP contribution in [-0.4, -0.2) is 28.3 Å². The van der Waals surface area contributed by atoms with Crippen LogP contribution in [0, 0.1) is 6.92 Å². The van der Waals surface area contributed by atoms with Gasteiger partial charge in [-0.3, -0.25) is 4.79 Å². The summed E-state index contributed by atoms with van der Waals surface area (Å²) in [5.74, 6) is -0.209. The molecule has 0 saturated carbocycles. The Bertz CT molecular complexity index is 638. The Morgan fingerprint density at radius 3 is 2.45 bits per heavy atom. The van der Waals surface area contributed by atoms with Crippen molar-refractivity contribution in [2.75, 3.05) is 0 Å². The molecule has 4 nitrogen and oxygen atoms in total. The van der Waals surface area contributed by atoms with Crippen LogP contribution < -0.4 is 5.32 Å². The summed E-state index contributed by atoms with van der Waals surface area (Å²) in [7, 11) is 0. The third kappa shape index (κ3) is 3.86. The van der Waals surface area contributed by atoms with Gasteiger partial charge in [-0.15, -0.1) is 0 Å². The van der Waals surface area contributed by atoms with Crippen molar-refractivity contribution in [3.63, 3.8) is 0 Å². The first-order valence-electron chi connectivity index (χ1n) is 7.30. The molecule has 116 valence electrons. The highest BCUT2D eigenvalue weighted by atomic mass is 16.3. The van der Waals surface area contributed by atoms with E-state index in [1.165, 1.54) is 0 Å². The quantitative estimate of drug-likeness (QED) is 0.794. The summed E-state index contributed by atoms with van der Waals surface area (Å²) in [6.07, 6.45) is -0.135. The van der Waals surface area contributed by atoms with Crippen LogP contribution in [0.2, 0.25) is 0 Å². The first-order valence-corrected chi connectivity index (χ1v) is 7.30. The lowest BCUT2D eigenvalue weighted by atomic mass is 10.0. The molecular weight excluding hydrogens is 278 g/mol. The predicted octanol–water partition coefficient (Wildman–Crippen LogP) is 2.42. The maximum Gasteiger partial charge on any atom is 0.252 e. The fourth-order valence-electron chi connectivity index (χ4n) is 2.33. The van der Waals surface area contributed by atoms with Crippen LogP contribution in [0.3, 0.4) is 0 Å². The van der Waals surface area contributed by atoms with Crippen LogP contribution in [0.25, 0.3) is 0 Å². The van der Waals surface area contributed by atoms with E-state index in [-0.39, 0.29) is 11.7 Å². The number of amides is 1. The number of phenolic OH excluding ortho intramolecular Hbond substituents is 1. The molecule has 2 unspecified atom stereocenters. The van der Waals surface area contributed by atoms with Crippen molar-refractivity contribution in [3.05, 3.63) is 65.2 Å². The fraction of sp³-hybridized carbons (Fsp3) is 0.278. The number of phenols is 1. The molecule has 2 aromatic rings. The number of hydrogen-bond donors (Lipinski definition) is 3. The number of carbonyl (C=O) groups is 1. The highest BCUT2D eigenvalue weighted by molar-refractivity contribution is 5.96. The van der Waals surface area contributed by atoms with Crippen LogP contribution in [0.15, 0.2) is 48.5 Å². The third-order valence-corrected chi connectivity index (χ3v) is 3.75.